The number of rotatable bonds is 9. The van der Waals surface area contributed by atoms with Crippen molar-refractivity contribution in [3.05, 3.63) is 35.3 Å². The highest BCUT2D eigenvalue weighted by Crippen LogP contribution is 2.41. The Morgan fingerprint density at radius 1 is 0.853 bits per heavy atom. The molecule has 0 aliphatic heterocycles. The summed E-state index contributed by atoms with van der Waals surface area (Å²) < 4.78 is 15.5. The molecule has 184 valence electrons. The zero-order chi connectivity index (χ0) is 27.9. The Hall–Kier alpha value is -3.95. The molecule has 0 spiro atoms. The highest BCUT2D eigenvalue weighted by Gasteiger charge is 2.65. The molecule has 11 N–H and O–H groups in total. The molecule has 0 heterocycles. The Labute approximate surface area is 191 Å². The first-order valence-electron chi connectivity index (χ1n) is 9.99. The fourth-order valence-corrected chi connectivity index (χ4v) is 2.98. The maximum Gasteiger partial charge on any atom is 0.222 e. The Morgan fingerprint density at radius 3 is 1.65 bits per heavy atom. The van der Waals surface area contributed by atoms with E-state index < -0.39 is 106 Å². The second-order valence-electron chi connectivity index (χ2n) is 7.03. The van der Waals surface area contributed by atoms with Gasteiger partial charge in [0.05, 0.1) is 9.35 Å². The molecule has 14 nitrogen and oxygen atoms in total. The number of phenols is 6. The van der Waals surface area contributed by atoms with Crippen LogP contribution >= 0.6 is 0 Å². The number of ketones is 2. The molecule has 2 rings (SSSR count). The van der Waals surface area contributed by atoms with Crippen LogP contribution < -0.4 is 0 Å². The second-order valence-corrected chi connectivity index (χ2v) is 7.03. The van der Waals surface area contributed by atoms with Crippen LogP contribution in [0, 0.1) is 0 Å². The minimum Gasteiger partial charge on any atom is -0.504 e. The van der Waals surface area contributed by atoms with E-state index >= 15 is 0 Å². The smallest absolute Gasteiger partial charge is 0.222 e. The van der Waals surface area contributed by atoms with Gasteiger partial charge in [-0.25, -0.2) is 0 Å². The molecule has 0 amide bonds. The van der Waals surface area contributed by atoms with Crippen molar-refractivity contribution in [2.75, 3.05) is 6.61 Å². The van der Waals surface area contributed by atoms with E-state index in [1.165, 1.54) is 0 Å². The molecule has 0 unspecified atom stereocenters. The molecule has 0 aliphatic rings. The number of benzene rings is 2. The van der Waals surface area contributed by atoms with Crippen molar-refractivity contribution >= 4 is 17.9 Å². The zero-order valence-electron chi connectivity index (χ0n) is 18.7. The number of hydrogen-bond acceptors (Lipinski definition) is 14. The summed E-state index contributed by atoms with van der Waals surface area (Å²) >= 11 is 0. The van der Waals surface area contributed by atoms with Crippen molar-refractivity contribution in [1.29, 1.82) is 0 Å². The van der Waals surface area contributed by atoms with Crippen molar-refractivity contribution in [1.82, 2.24) is 0 Å². The molecule has 0 bridgehead atoms. The van der Waals surface area contributed by atoms with Crippen molar-refractivity contribution in [2.24, 2.45) is 0 Å². The lowest BCUT2D eigenvalue weighted by atomic mass is 9.69. The van der Waals surface area contributed by atoms with Crippen LogP contribution in [0.5, 0.6) is 34.5 Å². The van der Waals surface area contributed by atoms with E-state index in [9.17, 15) is 70.6 Å². The fraction of sp³-hybridized carbons (Fsp3) is 0.250. The lowest BCUT2D eigenvalue weighted by Crippen LogP contribution is -2.72. The van der Waals surface area contributed by atoms with Gasteiger partial charge in [-0.3, -0.25) is 14.4 Å². The van der Waals surface area contributed by atoms with Crippen LogP contribution in [0.2, 0.25) is 0 Å². The van der Waals surface area contributed by atoms with E-state index in [2.05, 4.69) is 0 Å². The highest BCUT2D eigenvalue weighted by molar-refractivity contribution is 6.20. The third-order valence-electron chi connectivity index (χ3n) is 4.91. The fourth-order valence-electron chi connectivity index (χ4n) is 2.98. The summed E-state index contributed by atoms with van der Waals surface area (Å²) in [4.78, 5) is 38.4. The standard InChI is InChI=1S/C20H20O14/c21-5-13(27)18(32)20(34,17(31)8-3-11(25)15(29)12(26)4-8)19(33,6-22)16(30)7-1-9(23)14(28)10(24)2-7/h1-4,6,13,18,21,23-29,32-34H,5H2/t13-,18-,19-,20+/m1/s1/i1D,3D. The van der Waals surface area contributed by atoms with Crippen LogP contribution in [0.15, 0.2) is 24.2 Å². The van der Waals surface area contributed by atoms with Crippen LogP contribution in [0.1, 0.15) is 23.5 Å². The summed E-state index contributed by atoms with van der Waals surface area (Å²) in [5, 5.41) is 110. The topological polar surface area (TPSA) is 274 Å². The number of hydrogen-bond donors (Lipinski definition) is 11. The predicted molar refractivity (Wildman–Crippen MR) is 107 cm³/mol. The SMILES string of the molecule is [2H]c1c(C(=O)[C@](O)(C=O)[C@](O)(C(=O)c2cc(O)c(O)c(O)c2[2H])[C@H](O)[C@H](O)CO)cc(O)c(O)c1O. The van der Waals surface area contributed by atoms with E-state index in [0.717, 1.165) is 0 Å². The Morgan fingerprint density at radius 2 is 1.26 bits per heavy atom. The van der Waals surface area contributed by atoms with Crippen LogP contribution in [0.25, 0.3) is 0 Å². The van der Waals surface area contributed by atoms with Crippen molar-refractivity contribution < 1.29 is 73.3 Å². The zero-order valence-corrected chi connectivity index (χ0v) is 16.7. The maximum absolute atomic E-state index is 13.3. The summed E-state index contributed by atoms with van der Waals surface area (Å²) in [5.74, 6) is -12.4. The van der Waals surface area contributed by atoms with Crippen LogP contribution in [-0.4, -0.2) is 104 Å². The number of aliphatic hydroxyl groups is 5. The van der Waals surface area contributed by atoms with Gasteiger partial charge < -0.3 is 56.2 Å². The van der Waals surface area contributed by atoms with Gasteiger partial charge in [0.1, 0.15) is 12.2 Å². The van der Waals surface area contributed by atoms with Gasteiger partial charge in [-0.15, -0.1) is 0 Å². The predicted octanol–water partition coefficient (Wildman–Crippen LogP) is -2.64. The number of carbonyl (C=O) groups is 3. The summed E-state index contributed by atoms with van der Waals surface area (Å²) in [5.41, 5.74) is -11.1. The van der Waals surface area contributed by atoms with Crippen molar-refractivity contribution in [3.8, 4) is 34.5 Å². The van der Waals surface area contributed by atoms with Crippen LogP contribution in [0.4, 0.5) is 0 Å². The average Bonchev–Trinajstić information content (AvgIpc) is 2.87. The lowest BCUT2D eigenvalue weighted by molar-refractivity contribution is -0.181. The molecule has 4 atom stereocenters. The monoisotopic (exact) mass is 486 g/mol. The first-order chi connectivity index (χ1) is 16.5. The first kappa shape index (κ1) is 23.2. The number of Topliss-reactive ketones (excluding diaryl/α,β-unsaturated/α-hetero) is 2. The molecule has 0 saturated carbocycles. The molecule has 2 aromatic carbocycles. The van der Waals surface area contributed by atoms with Crippen molar-refractivity contribution in [3.63, 3.8) is 0 Å². The lowest BCUT2D eigenvalue weighted by Gasteiger charge is -2.41. The van der Waals surface area contributed by atoms with E-state index in [1.54, 1.807) is 0 Å². The minimum atomic E-state index is -4.27. The Bertz CT molecular complexity index is 1250. The number of aldehydes is 1. The number of aliphatic hydroxyl groups excluding tert-OH is 3. The van der Waals surface area contributed by atoms with E-state index in [4.69, 9.17) is 2.74 Å². The third-order valence-corrected chi connectivity index (χ3v) is 4.91. The normalized spacial score (nSPS) is 17.4. The summed E-state index contributed by atoms with van der Waals surface area (Å²) in [6, 6.07) is -2.24. The molecule has 2 aromatic rings. The Balaban J connectivity index is 2.93. The number of phenolic OH excluding ortho intramolecular Hbond substituents is 6. The quantitative estimate of drug-likeness (QED) is 0.0748. The van der Waals surface area contributed by atoms with E-state index in [-0.39, 0.29) is 12.1 Å². The molecule has 0 aromatic heterocycles. The minimum absolute atomic E-state index is 0.229. The van der Waals surface area contributed by atoms with Gasteiger partial charge in [-0.05, 0) is 24.2 Å². The van der Waals surface area contributed by atoms with Gasteiger partial charge >= 0.3 is 0 Å². The van der Waals surface area contributed by atoms with Gasteiger partial charge in [-0.2, -0.15) is 0 Å². The van der Waals surface area contributed by atoms with Gasteiger partial charge in [0.2, 0.25) is 17.2 Å². The molecule has 34 heavy (non-hydrogen) atoms. The highest BCUT2D eigenvalue weighted by atomic mass is 16.4. The van der Waals surface area contributed by atoms with Crippen LogP contribution in [0.3, 0.4) is 0 Å². The molecule has 0 saturated heterocycles. The van der Waals surface area contributed by atoms with E-state index in [0.29, 0.717) is 0 Å². The Kier molecular flexibility index (Phi) is 6.23. The third kappa shape index (κ3) is 3.95. The van der Waals surface area contributed by atoms with E-state index in [1.807, 2.05) is 0 Å². The largest absolute Gasteiger partial charge is 0.504 e. The number of carbonyl (C=O) groups excluding carboxylic acids is 3. The van der Waals surface area contributed by atoms with Gasteiger partial charge in [0.15, 0.2) is 46.4 Å². The molecule has 14 heteroatoms. The first-order valence-corrected chi connectivity index (χ1v) is 8.99. The average molecular weight is 486 g/mol. The maximum atomic E-state index is 13.3. The summed E-state index contributed by atoms with van der Waals surface area (Å²) in [6.45, 7) is -1.45. The second kappa shape index (κ2) is 9.12. The number of aromatic hydroxyl groups is 6. The van der Waals surface area contributed by atoms with Crippen LogP contribution in [-0.2, 0) is 4.79 Å². The summed E-state index contributed by atoms with van der Waals surface area (Å²) in [7, 11) is 0. The molecule has 0 aliphatic carbocycles. The van der Waals surface area contributed by atoms with Gasteiger partial charge in [0.25, 0.3) is 0 Å². The molecular formula is C20H20O14. The van der Waals surface area contributed by atoms with Gasteiger partial charge in [0, 0.05) is 11.1 Å². The molecule has 0 radical (unpaired) electrons. The van der Waals surface area contributed by atoms with Gasteiger partial charge in [-0.1, -0.05) is 0 Å². The summed E-state index contributed by atoms with van der Waals surface area (Å²) in [6.07, 6.45) is -6.56. The molecule has 0 fully saturated rings. The van der Waals surface area contributed by atoms with Crippen molar-refractivity contribution in [2.45, 2.75) is 23.4 Å². The molecular weight excluding hydrogens is 464 g/mol.